The molecule has 0 amide bonds. The van der Waals surface area contributed by atoms with Crippen LogP contribution in [0.5, 0.6) is 0 Å². The summed E-state index contributed by atoms with van der Waals surface area (Å²) in [5.74, 6) is -0.648. The molecule has 1 aliphatic carbocycles. The Bertz CT molecular complexity index is 432. The van der Waals surface area contributed by atoms with Gasteiger partial charge in [0.15, 0.2) is 0 Å². The van der Waals surface area contributed by atoms with E-state index in [9.17, 15) is 9.59 Å². The topological polar surface area (TPSA) is 34.1 Å². The zero-order valence-electron chi connectivity index (χ0n) is 10.5. The van der Waals surface area contributed by atoms with Crippen LogP contribution >= 0.6 is 0 Å². The summed E-state index contributed by atoms with van der Waals surface area (Å²) < 4.78 is 0. The van der Waals surface area contributed by atoms with Gasteiger partial charge in [-0.15, -0.1) is 0 Å². The minimum absolute atomic E-state index is 0.303. The summed E-state index contributed by atoms with van der Waals surface area (Å²) in [5, 5.41) is 0. The first-order valence-corrected chi connectivity index (χ1v) is 5.43. The Hall–Kier alpha value is -1.44. The standard InChI is InChI=1S/C14H18O2/c1-6-9(2)7-8-11-10(3)12(15)13(16)14(11,4)5/h6-8H,1-5H3. The minimum Gasteiger partial charge on any atom is -0.289 e. The van der Waals surface area contributed by atoms with Gasteiger partial charge in [0.1, 0.15) is 0 Å². The zero-order valence-corrected chi connectivity index (χ0v) is 10.5. The van der Waals surface area contributed by atoms with Gasteiger partial charge in [-0.25, -0.2) is 0 Å². The average molecular weight is 218 g/mol. The van der Waals surface area contributed by atoms with E-state index < -0.39 is 5.41 Å². The maximum Gasteiger partial charge on any atom is 0.225 e. The number of Topliss-reactive ketones (excluding diaryl/α,β-unsaturated/α-hetero) is 2. The van der Waals surface area contributed by atoms with Gasteiger partial charge in [0.05, 0.1) is 5.41 Å². The third kappa shape index (κ3) is 1.92. The summed E-state index contributed by atoms with van der Waals surface area (Å²) in [7, 11) is 0. The summed E-state index contributed by atoms with van der Waals surface area (Å²) in [6, 6.07) is 0. The van der Waals surface area contributed by atoms with E-state index in [1.165, 1.54) is 0 Å². The number of allylic oxidation sites excluding steroid dienone is 6. The van der Waals surface area contributed by atoms with E-state index in [1.54, 1.807) is 20.8 Å². The molecule has 0 unspecified atom stereocenters. The summed E-state index contributed by atoms with van der Waals surface area (Å²) in [4.78, 5) is 23.3. The lowest BCUT2D eigenvalue weighted by Crippen LogP contribution is -2.24. The van der Waals surface area contributed by atoms with Crippen molar-refractivity contribution in [3.05, 3.63) is 34.9 Å². The third-order valence-corrected chi connectivity index (χ3v) is 3.16. The van der Waals surface area contributed by atoms with Crippen LogP contribution in [0.2, 0.25) is 0 Å². The van der Waals surface area contributed by atoms with Crippen molar-refractivity contribution in [2.24, 2.45) is 5.41 Å². The van der Waals surface area contributed by atoms with E-state index in [-0.39, 0.29) is 11.6 Å². The molecule has 0 aliphatic heterocycles. The van der Waals surface area contributed by atoms with Crippen LogP contribution < -0.4 is 0 Å². The zero-order chi connectivity index (χ0) is 12.5. The fourth-order valence-corrected chi connectivity index (χ4v) is 1.81. The highest BCUT2D eigenvalue weighted by Gasteiger charge is 2.43. The molecule has 0 bridgehead atoms. The van der Waals surface area contributed by atoms with Crippen molar-refractivity contribution in [3.8, 4) is 0 Å². The van der Waals surface area contributed by atoms with Crippen molar-refractivity contribution in [1.82, 2.24) is 0 Å². The van der Waals surface area contributed by atoms with Crippen molar-refractivity contribution >= 4 is 11.6 Å². The van der Waals surface area contributed by atoms with E-state index in [2.05, 4.69) is 0 Å². The van der Waals surface area contributed by atoms with Crippen molar-refractivity contribution in [2.75, 3.05) is 0 Å². The fraction of sp³-hybridized carbons (Fsp3) is 0.429. The van der Waals surface area contributed by atoms with Gasteiger partial charge >= 0.3 is 0 Å². The highest BCUT2D eigenvalue weighted by molar-refractivity contribution is 6.48. The molecule has 0 saturated heterocycles. The quantitative estimate of drug-likeness (QED) is 0.527. The Morgan fingerprint density at radius 2 is 1.81 bits per heavy atom. The van der Waals surface area contributed by atoms with Gasteiger partial charge in [-0.2, -0.15) is 0 Å². The van der Waals surface area contributed by atoms with Crippen LogP contribution in [-0.4, -0.2) is 11.6 Å². The van der Waals surface area contributed by atoms with E-state index >= 15 is 0 Å². The summed E-state index contributed by atoms with van der Waals surface area (Å²) in [5.41, 5.74) is 1.85. The predicted molar refractivity (Wildman–Crippen MR) is 65.1 cm³/mol. The lowest BCUT2D eigenvalue weighted by atomic mass is 9.84. The number of hydrogen-bond acceptors (Lipinski definition) is 2. The number of rotatable bonds is 2. The molecule has 0 N–H and O–H groups in total. The first-order valence-electron chi connectivity index (χ1n) is 5.43. The number of ketones is 2. The molecule has 0 aromatic heterocycles. The Kier molecular flexibility index (Phi) is 3.32. The molecule has 0 aromatic carbocycles. The second kappa shape index (κ2) is 4.20. The van der Waals surface area contributed by atoms with Gasteiger partial charge in [0.2, 0.25) is 11.6 Å². The van der Waals surface area contributed by atoms with Crippen molar-refractivity contribution in [2.45, 2.75) is 34.6 Å². The molecule has 0 radical (unpaired) electrons. The molecule has 16 heavy (non-hydrogen) atoms. The van der Waals surface area contributed by atoms with Crippen molar-refractivity contribution in [1.29, 1.82) is 0 Å². The summed E-state index contributed by atoms with van der Waals surface area (Å²) in [6.07, 6.45) is 5.80. The van der Waals surface area contributed by atoms with Crippen molar-refractivity contribution in [3.63, 3.8) is 0 Å². The summed E-state index contributed by atoms with van der Waals surface area (Å²) >= 11 is 0. The maximum atomic E-state index is 11.7. The first-order chi connectivity index (χ1) is 7.32. The predicted octanol–water partition coefficient (Wildman–Crippen LogP) is 3.00. The highest BCUT2D eigenvalue weighted by atomic mass is 16.2. The van der Waals surface area contributed by atoms with Gasteiger partial charge < -0.3 is 0 Å². The fourth-order valence-electron chi connectivity index (χ4n) is 1.81. The average Bonchev–Trinajstić information content (AvgIpc) is 2.38. The van der Waals surface area contributed by atoms with E-state index in [1.807, 2.05) is 32.1 Å². The van der Waals surface area contributed by atoms with Crippen LogP contribution in [0.3, 0.4) is 0 Å². The molecule has 0 saturated carbocycles. The van der Waals surface area contributed by atoms with E-state index in [0.29, 0.717) is 5.57 Å². The smallest absolute Gasteiger partial charge is 0.225 e. The van der Waals surface area contributed by atoms with Crippen LogP contribution in [-0.2, 0) is 9.59 Å². The molecular formula is C14H18O2. The maximum absolute atomic E-state index is 11.7. The van der Waals surface area contributed by atoms with Crippen LogP contribution in [0.1, 0.15) is 34.6 Å². The van der Waals surface area contributed by atoms with Gasteiger partial charge in [-0.05, 0) is 40.2 Å². The first kappa shape index (κ1) is 12.6. The van der Waals surface area contributed by atoms with Gasteiger partial charge in [0.25, 0.3) is 0 Å². The molecule has 1 rings (SSSR count). The lowest BCUT2D eigenvalue weighted by Gasteiger charge is -2.17. The summed E-state index contributed by atoms with van der Waals surface area (Å²) in [6.45, 7) is 9.26. The molecule has 86 valence electrons. The van der Waals surface area contributed by atoms with Crippen LogP contribution in [0.15, 0.2) is 34.9 Å². The molecule has 0 atom stereocenters. The Morgan fingerprint density at radius 1 is 1.25 bits per heavy atom. The minimum atomic E-state index is -0.675. The molecule has 0 heterocycles. The Balaban J connectivity index is 3.17. The van der Waals surface area contributed by atoms with Crippen LogP contribution in [0.4, 0.5) is 0 Å². The monoisotopic (exact) mass is 218 g/mol. The second-order valence-corrected chi connectivity index (χ2v) is 4.69. The van der Waals surface area contributed by atoms with E-state index in [0.717, 1.165) is 11.1 Å². The number of carbonyl (C=O) groups excluding carboxylic acids is 2. The van der Waals surface area contributed by atoms with Gasteiger partial charge in [-0.3, -0.25) is 9.59 Å². The molecule has 0 spiro atoms. The third-order valence-electron chi connectivity index (χ3n) is 3.16. The Morgan fingerprint density at radius 3 is 2.19 bits per heavy atom. The molecular weight excluding hydrogens is 200 g/mol. The molecule has 1 aliphatic rings. The van der Waals surface area contributed by atoms with Crippen LogP contribution in [0.25, 0.3) is 0 Å². The molecule has 0 aromatic rings. The number of hydrogen-bond donors (Lipinski definition) is 0. The van der Waals surface area contributed by atoms with Gasteiger partial charge in [-0.1, -0.05) is 23.8 Å². The van der Waals surface area contributed by atoms with Crippen LogP contribution in [0, 0.1) is 5.41 Å². The second-order valence-electron chi connectivity index (χ2n) is 4.69. The van der Waals surface area contributed by atoms with Crippen molar-refractivity contribution < 1.29 is 9.59 Å². The number of carbonyl (C=O) groups is 2. The Labute approximate surface area is 96.7 Å². The lowest BCUT2D eigenvalue weighted by molar-refractivity contribution is -0.137. The normalized spacial score (nSPS) is 21.4. The SMILES string of the molecule is CC=C(C)C=CC1=C(C)C(=O)C(=O)C1(C)C. The highest BCUT2D eigenvalue weighted by Crippen LogP contribution is 2.38. The molecule has 0 fully saturated rings. The molecule has 2 nitrogen and oxygen atoms in total. The molecule has 2 heteroatoms. The largest absolute Gasteiger partial charge is 0.289 e. The van der Waals surface area contributed by atoms with E-state index in [4.69, 9.17) is 0 Å². The van der Waals surface area contributed by atoms with Gasteiger partial charge in [0, 0.05) is 5.57 Å².